The SMILES string of the molecule is CC(C)C(CN)CNCCOc1ccccc1. The molecule has 0 heterocycles. The van der Waals surface area contributed by atoms with Gasteiger partial charge in [-0.1, -0.05) is 32.0 Å². The standard InChI is InChI=1S/C14H24N2O/c1-12(2)13(10-15)11-16-8-9-17-14-6-4-3-5-7-14/h3-7,12-13,16H,8-11,15H2,1-2H3. The predicted octanol–water partition coefficient (Wildman–Crippen LogP) is 1.89. The molecule has 1 atom stereocenters. The van der Waals surface area contributed by atoms with Crippen LogP contribution in [0.15, 0.2) is 30.3 Å². The average Bonchev–Trinajstić information content (AvgIpc) is 2.34. The van der Waals surface area contributed by atoms with E-state index in [1.807, 2.05) is 30.3 Å². The number of para-hydroxylation sites is 1. The van der Waals surface area contributed by atoms with E-state index in [1.54, 1.807) is 0 Å². The van der Waals surface area contributed by atoms with Crippen LogP contribution in [0.2, 0.25) is 0 Å². The first-order valence-electron chi connectivity index (χ1n) is 6.32. The number of rotatable bonds is 8. The van der Waals surface area contributed by atoms with E-state index in [0.29, 0.717) is 18.4 Å². The highest BCUT2D eigenvalue weighted by Gasteiger charge is 2.09. The monoisotopic (exact) mass is 236 g/mol. The van der Waals surface area contributed by atoms with E-state index < -0.39 is 0 Å². The van der Waals surface area contributed by atoms with Crippen molar-refractivity contribution < 1.29 is 4.74 Å². The van der Waals surface area contributed by atoms with Crippen LogP contribution in [0.1, 0.15) is 13.8 Å². The van der Waals surface area contributed by atoms with E-state index in [-0.39, 0.29) is 0 Å². The first-order valence-corrected chi connectivity index (χ1v) is 6.32. The first-order chi connectivity index (χ1) is 8.24. The van der Waals surface area contributed by atoms with E-state index in [0.717, 1.165) is 25.4 Å². The first kappa shape index (κ1) is 14.0. The van der Waals surface area contributed by atoms with E-state index in [9.17, 15) is 0 Å². The second kappa shape index (κ2) is 8.09. The normalized spacial score (nSPS) is 12.7. The van der Waals surface area contributed by atoms with Crippen molar-refractivity contribution in [1.82, 2.24) is 5.32 Å². The summed E-state index contributed by atoms with van der Waals surface area (Å²) < 4.78 is 5.59. The van der Waals surface area contributed by atoms with Gasteiger partial charge in [-0.15, -0.1) is 0 Å². The molecule has 96 valence electrons. The summed E-state index contributed by atoms with van der Waals surface area (Å²) in [5.74, 6) is 2.10. The van der Waals surface area contributed by atoms with Crippen LogP contribution < -0.4 is 15.8 Å². The lowest BCUT2D eigenvalue weighted by Crippen LogP contribution is -2.33. The quantitative estimate of drug-likeness (QED) is 0.678. The maximum atomic E-state index is 5.71. The average molecular weight is 236 g/mol. The summed E-state index contributed by atoms with van der Waals surface area (Å²) in [6, 6.07) is 9.88. The highest BCUT2D eigenvalue weighted by Crippen LogP contribution is 2.08. The van der Waals surface area contributed by atoms with E-state index in [2.05, 4.69) is 19.2 Å². The number of nitrogens with two attached hydrogens (primary N) is 1. The van der Waals surface area contributed by atoms with Gasteiger partial charge in [-0.25, -0.2) is 0 Å². The van der Waals surface area contributed by atoms with Gasteiger partial charge in [0.15, 0.2) is 0 Å². The Bertz CT molecular complexity index is 288. The molecule has 1 aromatic rings. The fraction of sp³-hybridized carbons (Fsp3) is 0.571. The van der Waals surface area contributed by atoms with Crippen LogP contribution in [-0.4, -0.2) is 26.2 Å². The summed E-state index contributed by atoms with van der Waals surface area (Å²) in [4.78, 5) is 0. The summed E-state index contributed by atoms with van der Waals surface area (Å²) in [5.41, 5.74) is 5.71. The molecule has 0 spiro atoms. The van der Waals surface area contributed by atoms with Gasteiger partial charge < -0.3 is 15.8 Å². The van der Waals surface area contributed by atoms with Crippen LogP contribution in [-0.2, 0) is 0 Å². The van der Waals surface area contributed by atoms with Gasteiger partial charge in [0, 0.05) is 6.54 Å². The molecule has 0 aliphatic heterocycles. The molecule has 0 bridgehead atoms. The lowest BCUT2D eigenvalue weighted by molar-refractivity contribution is 0.299. The highest BCUT2D eigenvalue weighted by atomic mass is 16.5. The summed E-state index contributed by atoms with van der Waals surface area (Å²) in [6.45, 7) is 7.67. The zero-order valence-corrected chi connectivity index (χ0v) is 10.9. The number of nitrogens with one attached hydrogen (secondary N) is 1. The van der Waals surface area contributed by atoms with Crippen LogP contribution in [0.5, 0.6) is 5.75 Å². The van der Waals surface area contributed by atoms with Crippen LogP contribution in [0.3, 0.4) is 0 Å². The zero-order valence-electron chi connectivity index (χ0n) is 10.9. The number of hydrogen-bond donors (Lipinski definition) is 2. The third-order valence-corrected chi connectivity index (χ3v) is 2.94. The van der Waals surface area contributed by atoms with E-state index in [4.69, 9.17) is 10.5 Å². The Kier molecular flexibility index (Phi) is 6.67. The molecule has 0 fully saturated rings. The highest BCUT2D eigenvalue weighted by molar-refractivity contribution is 5.20. The van der Waals surface area contributed by atoms with Crippen LogP contribution in [0.4, 0.5) is 0 Å². The zero-order chi connectivity index (χ0) is 12.5. The molecule has 17 heavy (non-hydrogen) atoms. The Labute approximate surface area is 104 Å². The molecule has 0 amide bonds. The lowest BCUT2D eigenvalue weighted by atomic mass is 9.96. The van der Waals surface area contributed by atoms with Gasteiger partial charge >= 0.3 is 0 Å². The molecule has 0 saturated carbocycles. The fourth-order valence-electron chi connectivity index (χ4n) is 1.64. The molecule has 1 aromatic carbocycles. The Hall–Kier alpha value is -1.06. The number of hydrogen-bond acceptors (Lipinski definition) is 3. The minimum absolute atomic E-state index is 0.548. The Morgan fingerprint density at radius 2 is 1.94 bits per heavy atom. The topological polar surface area (TPSA) is 47.3 Å². The molecule has 1 unspecified atom stereocenters. The van der Waals surface area contributed by atoms with Crippen LogP contribution in [0.25, 0.3) is 0 Å². The van der Waals surface area contributed by atoms with Gasteiger partial charge in [-0.2, -0.15) is 0 Å². The van der Waals surface area contributed by atoms with E-state index in [1.165, 1.54) is 0 Å². The second-order valence-corrected chi connectivity index (χ2v) is 4.61. The number of benzene rings is 1. The summed E-state index contributed by atoms with van der Waals surface area (Å²) in [5, 5.41) is 3.38. The summed E-state index contributed by atoms with van der Waals surface area (Å²) >= 11 is 0. The molecule has 1 rings (SSSR count). The largest absolute Gasteiger partial charge is 0.492 e. The fourth-order valence-corrected chi connectivity index (χ4v) is 1.64. The molecule has 0 aliphatic carbocycles. The lowest BCUT2D eigenvalue weighted by Gasteiger charge is -2.19. The summed E-state index contributed by atoms with van der Waals surface area (Å²) in [6.07, 6.45) is 0. The minimum Gasteiger partial charge on any atom is -0.492 e. The molecule has 0 saturated heterocycles. The third kappa shape index (κ3) is 5.71. The summed E-state index contributed by atoms with van der Waals surface area (Å²) in [7, 11) is 0. The van der Waals surface area contributed by atoms with Crippen LogP contribution in [0, 0.1) is 11.8 Å². The van der Waals surface area contributed by atoms with Crippen molar-refractivity contribution in [2.45, 2.75) is 13.8 Å². The molecule has 0 radical (unpaired) electrons. The van der Waals surface area contributed by atoms with E-state index >= 15 is 0 Å². The van der Waals surface area contributed by atoms with Crippen molar-refractivity contribution in [1.29, 1.82) is 0 Å². The van der Waals surface area contributed by atoms with Gasteiger partial charge in [0.05, 0.1) is 0 Å². The maximum Gasteiger partial charge on any atom is 0.119 e. The molecular weight excluding hydrogens is 212 g/mol. The number of ether oxygens (including phenoxy) is 1. The Morgan fingerprint density at radius 1 is 1.24 bits per heavy atom. The van der Waals surface area contributed by atoms with Crippen LogP contribution >= 0.6 is 0 Å². The van der Waals surface area contributed by atoms with Crippen molar-refractivity contribution in [3.8, 4) is 5.75 Å². The van der Waals surface area contributed by atoms with Crippen molar-refractivity contribution in [2.75, 3.05) is 26.2 Å². The molecule has 0 aliphatic rings. The smallest absolute Gasteiger partial charge is 0.119 e. The van der Waals surface area contributed by atoms with Gasteiger partial charge in [0.25, 0.3) is 0 Å². The van der Waals surface area contributed by atoms with Crippen molar-refractivity contribution in [3.63, 3.8) is 0 Å². The molecule has 3 nitrogen and oxygen atoms in total. The van der Waals surface area contributed by atoms with Gasteiger partial charge in [0.2, 0.25) is 0 Å². The molecule has 3 heteroatoms. The van der Waals surface area contributed by atoms with Gasteiger partial charge in [0.1, 0.15) is 12.4 Å². The predicted molar refractivity (Wildman–Crippen MR) is 72.2 cm³/mol. The molecular formula is C14H24N2O. The van der Waals surface area contributed by atoms with Crippen molar-refractivity contribution >= 4 is 0 Å². The molecule has 3 N–H and O–H groups in total. The van der Waals surface area contributed by atoms with Gasteiger partial charge in [-0.3, -0.25) is 0 Å². The third-order valence-electron chi connectivity index (χ3n) is 2.94. The maximum absolute atomic E-state index is 5.71. The molecule has 0 aromatic heterocycles. The minimum atomic E-state index is 0.548. The second-order valence-electron chi connectivity index (χ2n) is 4.61. The van der Waals surface area contributed by atoms with Crippen molar-refractivity contribution in [3.05, 3.63) is 30.3 Å². The Balaban J connectivity index is 2.08. The Morgan fingerprint density at radius 3 is 2.53 bits per heavy atom. The van der Waals surface area contributed by atoms with Crippen molar-refractivity contribution in [2.24, 2.45) is 17.6 Å². The van der Waals surface area contributed by atoms with Gasteiger partial charge in [-0.05, 0) is 37.1 Å².